The highest BCUT2D eigenvalue weighted by atomic mass is 16.5. The van der Waals surface area contributed by atoms with Crippen LogP contribution in [0.3, 0.4) is 0 Å². The van der Waals surface area contributed by atoms with Crippen molar-refractivity contribution in [1.82, 2.24) is 10.3 Å². The summed E-state index contributed by atoms with van der Waals surface area (Å²) >= 11 is 0. The van der Waals surface area contributed by atoms with Crippen LogP contribution in [0, 0.1) is 0 Å². The second-order valence-electron chi connectivity index (χ2n) is 5.06. The van der Waals surface area contributed by atoms with Gasteiger partial charge in [-0.2, -0.15) is 0 Å². The molecular weight excluding hydrogens is 228 g/mol. The van der Waals surface area contributed by atoms with Crippen molar-refractivity contribution in [2.75, 3.05) is 13.7 Å². The van der Waals surface area contributed by atoms with Crippen molar-refractivity contribution >= 4 is 0 Å². The molecule has 2 rings (SSSR count). The van der Waals surface area contributed by atoms with E-state index in [9.17, 15) is 5.11 Å². The average molecular weight is 250 g/mol. The molecule has 2 N–H and O–H groups in total. The van der Waals surface area contributed by atoms with Crippen LogP contribution in [0.2, 0.25) is 0 Å². The van der Waals surface area contributed by atoms with Crippen molar-refractivity contribution in [3.8, 4) is 5.88 Å². The van der Waals surface area contributed by atoms with E-state index in [1.165, 1.54) is 6.42 Å². The van der Waals surface area contributed by atoms with E-state index < -0.39 is 5.60 Å². The summed E-state index contributed by atoms with van der Waals surface area (Å²) in [5.41, 5.74) is 0.507. The standard InChI is InChI=1S/C14H22N2O2/c1-18-13-12(6-5-9-16-13)10-15-11-14(17)7-3-2-4-8-14/h5-6,9,15,17H,2-4,7-8,10-11H2,1H3. The van der Waals surface area contributed by atoms with Gasteiger partial charge in [0.15, 0.2) is 0 Å². The first-order chi connectivity index (χ1) is 8.73. The molecule has 4 heteroatoms. The van der Waals surface area contributed by atoms with Gasteiger partial charge in [0, 0.05) is 24.8 Å². The number of pyridine rings is 1. The Kier molecular flexibility index (Phi) is 4.55. The number of hydrogen-bond acceptors (Lipinski definition) is 4. The Morgan fingerprint density at radius 2 is 2.17 bits per heavy atom. The molecule has 4 nitrogen and oxygen atoms in total. The van der Waals surface area contributed by atoms with Gasteiger partial charge in [-0.1, -0.05) is 25.3 Å². The summed E-state index contributed by atoms with van der Waals surface area (Å²) in [6.45, 7) is 1.32. The fourth-order valence-corrected chi connectivity index (χ4v) is 2.56. The monoisotopic (exact) mass is 250 g/mol. The number of aliphatic hydroxyl groups is 1. The van der Waals surface area contributed by atoms with Gasteiger partial charge >= 0.3 is 0 Å². The van der Waals surface area contributed by atoms with E-state index in [4.69, 9.17) is 4.74 Å². The minimum Gasteiger partial charge on any atom is -0.481 e. The molecule has 0 saturated heterocycles. The predicted octanol–water partition coefficient (Wildman–Crippen LogP) is 1.87. The summed E-state index contributed by atoms with van der Waals surface area (Å²) in [6.07, 6.45) is 7.05. The van der Waals surface area contributed by atoms with E-state index in [1.807, 2.05) is 12.1 Å². The summed E-state index contributed by atoms with van der Waals surface area (Å²) in [4.78, 5) is 4.16. The molecule has 0 radical (unpaired) electrons. The molecule has 1 aromatic rings. The average Bonchev–Trinajstić information content (AvgIpc) is 2.40. The summed E-state index contributed by atoms with van der Waals surface area (Å²) in [6, 6.07) is 3.89. The zero-order valence-corrected chi connectivity index (χ0v) is 11.0. The Balaban J connectivity index is 1.84. The van der Waals surface area contributed by atoms with Crippen LogP contribution < -0.4 is 10.1 Å². The van der Waals surface area contributed by atoms with Crippen LogP contribution in [0.25, 0.3) is 0 Å². The Hall–Kier alpha value is -1.13. The molecule has 0 unspecified atom stereocenters. The summed E-state index contributed by atoms with van der Waals surface area (Å²) < 4.78 is 5.20. The Labute approximate surface area is 108 Å². The van der Waals surface area contributed by atoms with Crippen LogP contribution >= 0.6 is 0 Å². The van der Waals surface area contributed by atoms with Gasteiger partial charge in [0.1, 0.15) is 0 Å². The van der Waals surface area contributed by atoms with Crippen LogP contribution in [-0.2, 0) is 6.54 Å². The second kappa shape index (κ2) is 6.16. The van der Waals surface area contributed by atoms with Gasteiger partial charge in [-0.25, -0.2) is 4.98 Å². The lowest BCUT2D eigenvalue weighted by molar-refractivity contribution is 0.00463. The SMILES string of the molecule is COc1ncccc1CNCC1(O)CCCCC1. The van der Waals surface area contributed by atoms with Gasteiger partial charge in [-0.15, -0.1) is 0 Å². The molecule has 1 aliphatic carbocycles. The zero-order chi connectivity index (χ0) is 12.8. The fraction of sp³-hybridized carbons (Fsp3) is 0.643. The maximum atomic E-state index is 10.4. The van der Waals surface area contributed by atoms with Crippen LogP contribution in [-0.4, -0.2) is 29.3 Å². The smallest absolute Gasteiger partial charge is 0.217 e. The first kappa shape index (κ1) is 13.3. The molecule has 0 amide bonds. The molecule has 0 aromatic carbocycles. The summed E-state index contributed by atoms with van der Waals surface area (Å²) in [5, 5.41) is 13.7. The first-order valence-electron chi connectivity index (χ1n) is 6.64. The van der Waals surface area contributed by atoms with E-state index in [2.05, 4.69) is 10.3 Å². The minimum atomic E-state index is -0.520. The molecule has 0 atom stereocenters. The molecular formula is C14H22N2O2. The van der Waals surface area contributed by atoms with Crippen molar-refractivity contribution in [3.05, 3.63) is 23.9 Å². The van der Waals surface area contributed by atoms with E-state index in [1.54, 1.807) is 13.3 Å². The lowest BCUT2D eigenvalue weighted by Gasteiger charge is -2.32. The van der Waals surface area contributed by atoms with Crippen molar-refractivity contribution in [3.63, 3.8) is 0 Å². The van der Waals surface area contributed by atoms with E-state index in [0.29, 0.717) is 19.0 Å². The molecule has 0 spiro atoms. The zero-order valence-electron chi connectivity index (χ0n) is 11.0. The van der Waals surface area contributed by atoms with Gasteiger partial charge in [-0.05, 0) is 18.9 Å². The number of methoxy groups -OCH3 is 1. The maximum absolute atomic E-state index is 10.4. The molecule has 1 aliphatic rings. The van der Waals surface area contributed by atoms with Crippen LogP contribution in [0.4, 0.5) is 0 Å². The van der Waals surface area contributed by atoms with Crippen molar-refractivity contribution < 1.29 is 9.84 Å². The van der Waals surface area contributed by atoms with Crippen molar-refractivity contribution in [2.24, 2.45) is 0 Å². The molecule has 1 heterocycles. The number of rotatable bonds is 5. The fourth-order valence-electron chi connectivity index (χ4n) is 2.56. The Morgan fingerprint density at radius 1 is 1.39 bits per heavy atom. The van der Waals surface area contributed by atoms with Gasteiger partial charge in [0.2, 0.25) is 5.88 Å². The van der Waals surface area contributed by atoms with Gasteiger partial charge in [0.05, 0.1) is 12.7 Å². The largest absolute Gasteiger partial charge is 0.481 e. The number of ether oxygens (including phenoxy) is 1. The highest BCUT2D eigenvalue weighted by Crippen LogP contribution is 2.27. The quantitative estimate of drug-likeness (QED) is 0.837. The number of nitrogens with one attached hydrogen (secondary N) is 1. The molecule has 1 saturated carbocycles. The third kappa shape index (κ3) is 3.43. The third-order valence-corrected chi connectivity index (χ3v) is 3.60. The van der Waals surface area contributed by atoms with Crippen LogP contribution in [0.5, 0.6) is 5.88 Å². The van der Waals surface area contributed by atoms with E-state index in [0.717, 1.165) is 31.2 Å². The first-order valence-corrected chi connectivity index (χ1v) is 6.64. The van der Waals surface area contributed by atoms with Gasteiger partial charge in [-0.3, -0.25) is 0 Å². The molecule has 0 aliphatic heterocycles. The number of nitrogens with zero attached hydrogens (tertiary/aromatic N) is 1. The third-order valence-electron chi connectivity index (χ3n) is 3.60. The minimum absolute atomic E-state index is 0.520. The number of aromatic nitrogens is 1. The molecule has 0 bridgehead atoms. The summed E-state index contributed by atoms with van der Waals surface area (Å²) in [5.74, 6) is 0.653. The molecule has 1 aromatic heterocycles. The van der Waals surface area contributed by atoms with Gasteiger partial charge < -0.3 is 15.2 Å². The predicted molar refractivity (Wildman–Crippen MR) is 70.5 cm³/mol. The highest BCUT2D eigenvalue weighted by Gasteiger charge is 2.28. The Bertz CT molecular complexity index is 376. The maximum Gasteiger partial charge on any atom is 0.217 e. The van der Waals surface area contributed by atoms with E-state index >= 15 is 0 Å². The lowest BCUT2D eigenvalue weighted by atomic mass is 9.85. The molecule has 100 valence electrons. The molecule has 18 heavy (non-hydrogen) atoms. The molecule has 1 fully saturated rings. The lowest BCUT2D eigenvalue weighted by Crippen LogP contribution is -2.41. The normalized spacial score (nSPS) is 18.6. The summed E-state index contributed by atoms with van der Waals surface area (Å²) in [7, 11) is 1.63. The van der Waals surface area contributed by atoms with Crippen molar-refractivity contribution in [2.45, 2.75) is 44.2 Å². The Morgan fingerprint density at radius 3 is 2.89 bits per heavy atom. The highest BCUT2D eigenvalue weighted by molar-refractivity contribution is 5.25. The van der Waals surface area contributed by atoms with Gasteiger partial charge in [0.25, 0.3) is 0 Å². The topological polar surface area (TPSA) is 54.4 Å². The second-order valence-corrected chi connectivity index (χ2v) is 5.06. The van der Waals surface area contributed by atoms with Crippen LogP contribution in [0.1, 0.15) is 37.7 Å². The van der Waals surface area contributed by atoms with Crippen molar-refractivity contribution in [1.29, 1.82) is 0 Å². The number of hydrogen-bond donors (Lipinski definition) is 2. The van der Waals surface area contributed by atoms with Crippen LogP contribution in [0.15, 0.2) is 18.3 Å². The van der Waals surface area contributed by atoms with E-state index in [-0.39, 0.29) is 0 Å².